The number of halogens is 3. The number of nitrogens with zero attached hydrogens (tertiary/aromatic N) is 6. The molecule has 338 valence electrons. The Morgan fingerprint density at radius 2 is 1.78 bits per heavy atom. The average molecular weight is 945 g/mol. The Bertz CT molecular complexity index is 2480. The van der Waals surface area contributed by atoms with Crippen LogP contribution >= 0.6 is 15.9 Å². The number of carbonyl (C=O) groups excluding carboxylic acids is 4. The number of fused-ring (bicyclic) bond motifs is 1. The Balaban J connectivity index is 0.954. The Morgan fingerprint density at radius 1 is 1.05 bits per heavy atom. The highest BCUT2D eigenvalue weighted by Crippen LogP contribution is 2.40. The van der Waals surface area contributed by atoms with E-state index in [0.29, 0.717) is 41.4 Å². The number of aryl methyl sites for hydroxylation is 1. The van der Waals surface area contributed by atoms with Gasteiger partial charge in [-0.1, -0.05) is 84.3 Å². The van der Waals surface area contributed by atoms with Gasteiger partial charge in [0, 0.05) is 65.9 Å². The quantitative estimate of drug-likeness (QED) is 0.0980. The fourth-order valence-corrected chi connectivity index (χ4v) is 9.66. The van der Waals surface area contributed by atoms with Gasteiger partial charge in [-0.25, -0.2) is 8.78 Å². The van der Waals surface area contributed by atoms with Gasteiger partial charge in [0.25, 0.3) is 11.8 Å². The van der Waals surface area contributed by atoms with E-state index in [4.69, 9.17) is 4.52 Å². The zero-order valence-electron chi connectivity index (χ0n) is 36.0. The number of aliphatic hydroxyl groups excluding tert-OH is 1. The van der Waals surface area contributed by atoms with Crippen LogP contribution in [0.15, 0.2) is 82.1 Å². The minimum atomic E-state index is -2.88. The highest BCUT2D eigenvalue weighted by Gasteiger charge is 2.46. The minimum absolute atomic E-state index is 0.0218. The van der Waals surface area contributed by atoms with Crippen molar-refractivity contribution in [2.45, 2.75) is 95.9 Å². The molecule has 8 rings (SSSR count). The van der Waals surface area contributed by atoms with Crippen LogP contribution in [0.1, 0.15) is 102 Å². The third-order valence-corrected chi connectivity index (χ3v) is 13.4. The third-order valence-electron chi connectivity index (χ3n) is 12.8. The number of β-amino-alcohol motifs (C(OH)–C–C–N with tert-alkyl or cyclic N) is 1. The molecule has 2 saturated heterocycles. The molecule has 1 unspecified atom stereocenters. The summed E-state index contributed by atoms with van der Waals surface area (Å²) in [5.41, 5.74) is 3.55. The van der Waals surface area contributed by atoms with E-state index in [2.05, 4.69) is 47.0 Å². The molecule has 3 aliphatic rings. The van der Waals surface area contributed by atoms with Crippen LogP contribution in [0.2, 0.25) is 0 Å². The van der Waals surface area contributed by atoms with Crippen LogP contribution < -0.4 is 10.6 Å². The van der Waals surface area contributed by atoms with E-state index in [1.54, 1.807) is 35.7 Å². The normalized spacial score (nSPS) is 20.9. The molecule has 6 atom stereocenters. The molecular weight excluding hydrogens is 892 g/mol. The summed E-state index contributed by atoms with van der Waals surface area (Å²) in [5, 5.41) is 32.0. The molecule has 64 heavy (non-hydrogen) atoms. The lowest BCUT2D eigenvalue weighted by molar-refractivity contribution is -0.142. The van der Waals surface area contributed by atoms with Gasteiger partial charge in [0.05, 0.1) is 48.6 Å². The van der Waals surface area contributed by atoms with Crippen molar-refractivity contribution in [1.29, 1.82) is 0 Å². The van der Waals surface area contributed by atoms with E-state index < -0.39 is 54.2 Å². The van der Waals surface area contributed by atoms with Gasteiger partial charge in [-0.15, -0.1) is 0 Å². The molecule has 2 fully saturated rings. The van der Waals surface area contributed by atoms with Crippen LogP contribution in [0, 0.1) is 24.7 Å². The van der Waals surface area contributed by atoms with E-state index in [1.165, 1.54) is 11.1 Å². The first-order valence-corrected chi connectivity index (χ1v) is 22.5. The number of benzene rings is 2. The number of aromatic nitrogens is 5. The summed E-state index contributed by atoms with van der Waals surface area (Å²) in [7, 11) is 0. The second-order valence-corrected chi connectivity index (χ2v) is 18.6. The van der Waals surface area contributed by atoms with E-state index in [9.17, 15) is 33.1 Å². The summed E-state index contributed by atoms with van der Waals surface area (Å²) < 4.78 is 37.3. The first kappa shape index (κ1) is 44.8. The molecule has 0 saturated carbocycles. The van der Waals surface area contributed by atoms with Gasteiger partial charge < -0.3 is 30.1 Å². The van der Waals surface area contributed by atoms with Crippen molar-refractivity contribution in [3.63, 3.8) is 0 Å². The molecule has 2 aliphatic heterocycles. The van der Waals surface area contributed by atoms with Crippen molar-refractivity contribution < 1.29 is 37.6 Å². The maximum atomic E-state index is 14.6. The van der Waals surface area contributed by atoms with Crippen LogP contribution in [-0.4, -0.2) is 101 Å². The van der Waals surface area contributed by atoms with Crippen LogP contribution in [0.4, 0.5) is 14.5 Å². The van der Waals surface area contributed by atoms with Gasteiger partial charge in [-0.2, -0.15) is 10.2 Å². The summed E-state index contributed by atoms with van der Waals surface area (Å²) in [5.74, 6) is -5.85. The lowest BCUT2D eigenvalue weighted by atomic mass is 9.81. The van der Waals surface area contributed by atoms with Crippen LogP contribution in [0.5, 0.6) is 0 Å². The molecule has 0 bridgehead atoms. The topological polar surface area (TPSA) is 192 Å². The van der Waals surface area contributed by atoms with E-state index >= 15 is 0 Å². The summed E-state index contributed by atoms with van der Waals surface area (Å²) in [6.45, 7) is 8.01. The number of likely N-dealkylation sites (tertiary alicyclic amines) is 2. The maximum absolute atomic E-state index is 14.6. The maximum Gasteiger partial charge on any atom is 0.276 e. The minimum Gasteiger partial charge on any atom is -0.391 e. The Kier molecular flexibility index (Phi) is 12.9. The number of nitrogens with one attached hydrogen (secondary N) is 3. The third kappa shape index (κ3) is 9.25. The van der Waals surface area contributed by atoms with Gasteiger partial charge in [0.15, 0.2) is 5.69 Å². The second-order valence-electron chi connectivity index (χ2n) is 17.7. The summed E-state index contributed by atoms with van der Waals surface area (Å²) in [6.07, 6.45) is 2.14. The molecule has 3 aromatic heterocycles. The first-order valence-electron chi connectivity index (χ1n) is 21.7. The molecular formula is C46H52BrF2N9O6. The Morgan fingerprint density at radius 3 is 2.45 bits per heavy atom. The number of alkyl halides is 2. The van der Waals surface area contributed by atoms with Crippen molar-refractivity contribution in [3.8, 4) is 0 Å². The van der Waals surface area contributed by atoms with Crippen molar-refractivity contribution in [2.24, 2.45) is 17.8 Å². The SMILES string of the molecule is CC[C@H]1Cc2c(C(=O)Nc3cnn([C@@H](c4ccccc4)C4CN(C(=O)C[C@H](NC(=O)[C@@H]5C[C@@H](O)CN5C(=O)C(c5cc(C)no5)C(C)C)c5ccc(Br)cc5)C4)c3)n[nH]c2CC1(F)F. The van der Waals surface area contributed by atoms with Gasteiger partial charge >= 0.3 is 0 Å². The molecule has 5 aromatic rings. The van der Waals surface area contributed by atoms with Crippen molar-refractivity contribution in [3.05, 3.63) is 117 Å². The van der Waals surface area contributed by atoms with Gasteiger partial charge in [0.2, 0.25) is 17.7 Å². The van der Waals surface area contributed by atoms with E-state index in [0.717, 1.165) is 10.0 Å². The number of hydrogen-bond donors (Lipinski definition) is 4. The fraction of sp³-hybridized carbons (Fsp3) is 0.457. The molecule has 15 nitrogen and oxygen atoms in total. The summed E-state index contributed by atoms with van der Waals surface area (Å²) in [4.78, 5) is 59.0. The molecule has 18 heteroatoms. The largest absolute Gasteiger partial charge is 0.391 e. The average Bonchev–Trinajstić information content (AvgIpc) is 4.06. The Hall–Kier alpha value is -5.75. The predicted octanol–water partition coefficient (Wildman–Crippen LogP) is 6.37. The summed E-state index contributed by atoms with van der Waals surface area (Å²) >= 11 is 3.47. The lowest BCUT2D eigenvalue weighted by Crippen LogP contribution is -2.54. The fourth-order valence-electron chi connectivity index (χ4n) is 9.39. The second kappa shape index (κ2) is 18.4. The number of anilines is 1. The first-order chi connectivity index (χ1) is 30.6. The molecule has 2 aromatic carbocycles. The van der Waals surface area contributed by atoms with Crippen molar-refractivity contribution in [1.82, 2.24) is 40.3 Å². The number of rotatable bonds is 14. The predicted molar refractivity (Wildman–Crippen MR) is 234 cm³/mol. The van der Waals surface area contributed by atoms with Crippen molar-refractivity contribution in [2.75, 3.05) is 25.0 Å². The molecule has 5 heterocycles. The smallest absolute Gasteiger partial charge is 0.276 e. The Labute approximate surface area is 377 Å². The standard InChI is InChI=1S/C46H52BrF2N9O6/c1-5-30-16-34-36(19-46(30,48)49)53-54-41(34)44(62)51-32-20-50-58(23-32)42(28-9-7-6-8-10-28)29-21-56(22-29)39(60)18-35(27-11-13-31(47)14-12-27)52-43(61)37-17-33(59)24-57(37)45(63)40(25(2)3)38-15-26(4)55-64-38/h6-15,20,23,25,29-30,33,35,37,40,42,59H,5,16-19,21-22,24H2,1-4H3,(H,51,62)(H,52,61)(H,53,54)/t30-,33+,35-,37-,40?,42-/m0/s1. The number of aromatic amines is 1. The highest BCUT2D eigenvalue weighted by atomic mass is 79.9. The van der Waals surface area contributed by atoms with Crippen LogP contribution in [0.25, 0.3) is 0 Å². The van der Waals surface area contributed by atoms with Crippen LogP contribution in [-0.2, 0) is 27.2 Å². The molecule has 4 N–H and O–H groups in total. The van der Waals surface area contributed by atoms with Gasteiger partial charge in [-0.05, 0) is 48.9 Å². The number of aliphatic hydroxyl groups is 1. The molecule has 4 amide bonds. The molecule has 1 aliphatic carbocycles. The number of carbonyl (C=O) groups is 4. The van der Waals surface area contributed by atoms with Gasteiger partial charge in [-0.3, -0.25) is 29.0 Å². The molecule has 0 spiro atoms. The zero-order valence-corrected chi connectivity index (χ0v) is 37.6. The highest BCUT2D eigenvalue weighted by molar-refractivity contribution is 9.10. The van der Waals surface area contributed by atoms with Crippen molar-refractivity contribution >= 4 is 45.2 Å². The molecule has 0 radical (unpaired) electrons. The number of amides is 4. The van der Waals surface area contributed by atoms with E-state index in [1.807, 2.05) is 68.4 Å². The van der Waals surface area contributed by atoms with Crippen LogP contribution in [0.3, 0.4) is 0 Å². The lowest BCUT2D eigenvalue weighted by Gasteiger charge is -2.44. The van der Waals surface area contributed by atoms with E-state index in [-0.39, 0.29) is 73.3 Å². The monoisotopic (exact) mass is 943 g/mol. The summed E-state index contributed by atoms with van der Waals surface area (Å²) in [6, 6.07) is 16.7. The number of hydrogen-bond acceptors (Lipinski definition) is 9. The number of H-pyrrole nitrogens is 1. The zero-order chi connectivity index (χ0) is 45.4. The van der Waals surface area contributed by atoms with Gasteiger partial charge in [0.1, 0.15) is 17.7 Å².